The van der Waals surface area contributed by atoms with Gasteiger partial charge in [-0.2, -0.15) is 13.8 Å². The largest absolute Gasteiger partial charge is 0.490 e. The van der Waals surface area contributed by atoms with Gasteiger partial charge in [0.25, 0.3) is 0 Å². The molecule has 150 valence electrons. The molecule has 0 atom stereocenters. The van der Waals surface area contributed by atoms with E-state index < -0.39 is 11.5 Å². The Morgan fingerprint density at radius 2 is 2.14 bits per heavy atom. The average Bonchev–Trinajstić information content (AvgIpc) is 3.45. The first-order valence-electron chi connectivity index (χ1n) is 8.68. The number of ether oxygens (including phenoxy) is 2. The summed E-state index contributed by atoms with van der Waals surface area (Å²) in [6, 6.07) is 4.76. The first-order valence-corrected chi connectivity index (χ1v) is 8.68. The van der Waals surface area contributed by atoms with E-state index in [9.17, 15) is 18.9 Å². The Bertz CT molecular complexity index is 848. The molecule has 0 spiro atoms. The number of rotatable bonds is 10. The molecular formula is C17H19F2N5O4. The number of halogens is 2. The van der Waals surface area contributed by atoms with E-state index in [1.807, 2.05) is 0 Å². The minimum Gasteiger partial charge on any atom is -0.490 e. The fraction of sp³-hybridized carbons (Fsp3) is 0.412. The van der Waals surface area contributed by atoms with Crippen LogP contribution in [0.15, 0.2) is 24.4 Å². The second-order valence-corrected chi connectivity index (χ2v) is 6.05. The Balaban J connectivity index is 1.72. The van der Waals surface area contributed by atoms with E-state index in [0.29, 0.717) is 5.56 Å². The molecule has 9 nitrogen and oxygen atoms in total. The lowest BCUT2D eigenvalue weighted by molar-refractivity contribution is -0.384. The quantitative estimate of drug-likeness (QED) is 0.464. The summed E-state index contributed by atoms with van der Waals surface area (Å²) >= 11 is 0. The first-order chi connectivity index (χ1) is 13.5. The number of benzene rings is 1. The molecule has 11 heteroatoms. The van der Waals surface area contributed by atoms with Crippen LogP contribution in [0.2, 0.25) is 0 Å². The van der Waals surface area contributed by atoms with E-state index in [0.717, 1.165) is 19.0 Å². The molecule has 2 aromatic rings. The van der Waals surface area contributed by atoms with Crippen LogP contribution in [-0.2, 0) is 6.54 Å². The molecular weight excluding hydrogens is 376 g/mol. The van der Waals surface area contributed by atoms with Crippen molar-refractivity contribution in [1.29, 1.82) is 0 Å². The van der Waals surface area contributed by atoms with E-state index in [1.54, 1.807) is 19.1 Å². The van der Waals surface area contributed by atoms with Crippen molar-refractivity contribution in [1.82, 2.24) is 9.97 Å². The number of aromatic nitrogens is 2. The maximum absolute atomic E-state index is 12.5. The third-order valence-corrected chi connectivity index (χ3v) is 3.86. The van der Waals surface area contributed by atoms with Gasteiger partial charge in [-0.1, -0.05) is 6.07 Å². The Labute approximate surface area is 159 Å². The summed E-state index contributed by atoms with van der Waals surface area (Å²) in [7, 11) is 0. The summed E-state index contributed by atoms with van der Waals surface area (Å²) < 4.78 is 34.7. The lowest BCUT2D eigenvalue weighted by atomic mass is 10.2. The molecule has 1 fully saturated rings. The highest BCUT2D eigenvalue weighted by atomic mass is 19.3. The second-order valence-electron chi connectivity index (χ2n) is 6.05. The number of anilines is 2. The third kappa shape index (κ3) is 5.15. The van der Waals surface area contributed by atoms with Gasteiger partial charge in [-0.15, -0.1) is 0 Å². The summed E-state index contributed by atoms with van der Waals surface area (Å²) in [6.45, 7) is -0.668. The maximum Gasteiger partial charge on any atom is 0.387 e. The van der Waals surface area contributed by atoms with Crippen LogP contribution in [0.1, 0.15) is 25.3 Å². The van der Waals surface area contributed by atoms with E-state index in [-0.39, 0.29) is 48.1 Å². The topological polar surface area (TPSA) is 111 Å². The first kappa shape index (κ1) is 19.5. The zero-order chi connectivity index (χ0) is 20.1. The molecule has 1 aliphatic rings. The predicted octanol–water partition coefficient (Wildman–Crippen LogP) is 3.57. The summed E-state index contributed by atoms with van der Waals surface area (Å²) in [4.78, 5) is 18.7. The molecule has 0 amide bonds. The lowest BCUT2D eigenvalue weighted by Gasteiger charge is -2.13. The zero-order valence-corrected chi connectivity index (χ0v) is 15.0. The highest BCUT2D eigenvalue weighted by Crippen LogP contribution is 2.31. The van der Waals surface area contributed by atoms with Crippen LogP contribution in [0.5, 0.6) is 11.5 Å². The van der Waals surface area contributed by atoms with E-state index in [4.69, 9.17) is 4.74 Å². The summed E-state index contributed by atoms with van der Waals surface area (Å²) in [5.74, 6) is 0.520. The molecule has 1 heterocycles. The predicted molar refractivity (Wildman–Crippen MR) is 96.9 cm³/mol. The number of nitro groups is 1. The zero-order valence-electron chi connectivity index (χ0n) is 15.0. The number of nitrogens with one attached hydrogen (secondary N) is 2. The molecule has 1 aromatic carbocycles. The molecule has 0 unspecified atom stereocenters. The fourth-order valence-electron chi connectivity index (χ4n) is 2.43. The summed E-state index contributed by atoms with van der Waals surface area (Å²) in [5, 5.41) is 17.1. The van der Waals surface area contributed by atoms with Gasteiger partial charge >= 0.3 is 12.3 Å². The van der Waals surface area contributed by atoms with Gasteiger partial charge in [0.1, 0.15) is 6.20 Å². The van der Waals surface area contributed by atoms with Crippen molar-refractivity contribution in [3.8, 4) is 11.5 Å². The Kier molecular flexibility index (Phi) is 6.02. The number of hydrogen-bond acceptors (Lipinski definition) is 8. The van der Waals surface area contributed by atoms with Gasteiger partial charge in [0.15, 0.2) is 11.5 Å². The second kappa shape index (κ2) is 8.63. The van der Waals surface area contributed by atoms with Gasteiger partial charge in [-0.25, -0.2) is 4.98 Å². The Morgan fingerprint density at radius 1 is 1.36 bits per heavy atom. The maximum atomic E-state index is 12.5. The van der Waals surface area contributed by atoms with Crippen LogP contribution in [-0.4, -0.2) is 34.2 Å². The van der Waals surface area contributed by atoms with Crippen LogP contribution in [0.25, 0.3) is 0 Å². The summed E-state index contributed by atoms with van der Waals surface area (Å²) in [6.07, 6.45) is 3.03. The molecule has 3 rings (SSSR count). The van der Waals surface area contributed by atoms with Crippen LogP contribution < -0.4 is 20.1 Å². The Morgan fingerprint density at radius 3 is 2.79 bits per heavy atom. The van der Waals surface area contributed by atoms with Crippen molar-refractivity contribution in [2.24, 2.45) is 0 Å². The molecule has 0 saturated heterocycles. The van der Waals surface area contributed by atoms with Crippen LogP contribution in [0, 0.1) is 10.1 Å². The smallest absolute Gasteiger partial charge is 0.387 e. The van der Waals surface area contributed by atoms with Crippen LogP contribution >= 0.6 is 0 Å². The van der Waals surface area contributed by atoms with Crippen molar-refractivity contribution >= 4 is 17.5 Å². The average molecular weight is 395 g/mol. The molecule has 1 aliphatic carbocycles. The van der Waals surface area contributed by atoms with Crippen molar-refractivity contribution in [2.75, 3.05) is 17.2 Å². The third-order valence-electron chi connectivity index (χ3n) is 3.86. The van der Waals surface area contributed by atoms with Gasteiger partial charge in [0.05, 0.1) is 11.5 Å². The van der Waals surface area contributed by atoms with Crippen LogP contribution in [0.3, 0.4) is 0 Å². The van der Waals surface area contributed by atoms with Crippen molar-refractivity contribution in [3.05, 3.63) is 40.1 Å². The van der Waals surface area contributed by atoms with Crippen molar-refractivity contribution in [2.45, 2.75) is 39.0 Å². The normalized spacial score (nSPS) is 13.3. The van der Waals surface area contributed by atoms with Gasteiger partial charge < -0.3 is 20.1 Å². The SMILES string of the molecule is CCOc1cc(CNc2ncc([N+](=O)[O-])c(NC3CC3)n2)ccc1OC(F)F. The molecule has 1 saturated carbocycles. The molecule has 0 radical (unpaired) electrons. The van der Waals surface area contributed by atoms with Crippen LogP contribution in [0.4, 0.5) is 26.2 Å². The highest BCUT2D eigenvalue weighted by molar-refractivity contribution is 5.58. The molecule has 1 aromatic heterocycles. The fourth-order valence-corrected chi connectivity index (χ4v) is 2.43. The molecule has 0 aliphatic heterocycles. The van der Waals surface area contributed by atoms with Gasteiger partial charge in [0, 0.05) is 12.6 Å². The van der Waals surface area contributed by atoms with Gasteiger partial charge in [-0.3, -0.25) is 10.1 Å². The minimum absolute atomic E-state index is 0.0527. The summed E-state index contributed by atoms with van der Waals surface area (Å²) in [5.41, 5.74) is 0.522. The van der Waals surface area contributed by atoms with E-state index >= 15 is 0 Å². The number of alkyl halides is 2. The van der Waals surface area contributed by atoms with Gasteiger partial charge in [-0.05, 0) is 37.5 Å². The molecule has 28 heavy (non-hydrogen) atoms. The monoisotopic (exact) mass is 395 g/mol. The Hall–Kier alpha value is -3.24. The lowest BCUT2D eigenvalue weighted by Crippen LogP contribution is -2.10. The van der Waals surface area contributed by atoms with E-state index in [1.165, 1.54) is 6.07 Å². The van der Waals surface area contributed by atoms with Crippen molar-refractivity contribution < 1.29 is 23.2 Å². The number of nitrogens with zero attached hydrogens (tertiary/aromatic N) is 3. The molecule has 0 bridgehead atoms. The van der Waals surface area contributed by atoms with E-state index in [2.05, 4.69) is 25.3 Å². The minimum atomic E-state index is -2.95. The highest BCUT2D eigenvalue weighted by Gasteiger charge is 2.26. The number of hydrogen-bond donors (Lipinski definition) is 2. The standard InChI is InChI=1S/C17H19F2N5O4/c1-2-27-14-7-10(3-6-13(14)28-16(18)19)8-20-17-21-9-12(24(25)26)15(23-17)22-11-4-5-11/h3,6-7,9,11,16H,2,4-5,8H2,1H3,(H2,20,21,22,23). The van der Waals surface area contributed by atoms with Gasteiger partial charge in [0.2, 0.25) is 11.8 Å². The van der Waals surface area contributed by atoms with Crippen molar-refractivity contribution in [3.63, 3.8) is 0 Å². The molecule has 2 N–H and O–H groups in total.